The summed E-state index contributed by atoms with van der Waals surface area (Å²) in [6.07, 6.45) is 6.01. The predicted octanol–water partition coefficient (Wildman–Crippen LogP) is 4.15. The molecule has 0 amide bonds. The van der Waals surface area contributed by atoms with Gasteiger partial charge in [0.05, 0.1) is 11.7 Å². The van der Waals surface area contributed by atoms with Gasteiger partial charge in [0.1, 0.15) is 12.1 Å². The molecule has 1 aliphatic rings. The van der Waals surface area contributed by atoms with Crippen LogP contribution in [0.25, 0.3) is 11.5 Å². The molecule has 0 spiro atoms. The molecule has 3 aromatic rings. The summed E-state index contributed by atoms with van der Waals surface area (Å²) in [6, 6.07) is 10.8. The lowest BCUT2D eigenvalue weighted by atomic mass is 10.1. The molecule has 118 valence electrons. The van der Waals surface area contributed by atoms with Crippen LogP contribution >= 0.6 is 0 Å². The smallest absolute Gasteiger partial charge is 0.226 e. The van der Waals surface area contributed by atoms with Crippen molar-refractivity contribution in [2.75, 3.05) is 6.54 Å². The molecule has 0 bridgehead atoms. The first kappa shape index (κ1) is 14.2. The number of rotatable bonds is 4. The van der Waals surface area contributed by atoms with E-state index in [-0.39, 0.29) is 5.82 Å². The molecule has 1 aromatic carbocycles. The Labute approximate surface area is 134 Å². The minimum atomic E-state index is -0.258. The van der Waals surface area contributed by atoms with Crippen molar-refractivity contribution in [1.29, 1.82) is 0 Å². The van der Waals surface area contributed by atoms with Crippen LogP contribution in [0.4, 0.5) is 4.39 Å². The summed E-state index contributed by atoms with van der Waals surface area (Å²) in [5.41, 5.74) is 2.95. The summed E-state index contributed by atoms with van der Waals surface area (Å²) in [4.78, 5) is 10.3. The van der Waals surface area contributed by atoms with Gasteiger partial charge in [-0.1, -0.05) is 0 Å². The molecular formula is C18H18FN3O. The molecule has 2 aromatic heterocycles. The first-order chi connectivity index (χ1) is 11.3. The lowest BCUT2D eigenvalue weighted by molar-refractivity contribution is 0.242. The Bertz CT molecular complexity index is 764. The van der Waals surface area contributed by atoms with Crippen molar-refractivity contribution in [3.05, 3.63) is 66.1 Å². The van der Waals surface area contributed by atoms with E-state index in [0.717, 1.165) is 30.8 Å². The Balaban J connectivity index is 1.50. The van der Waals surface area contributed by atoms with E-state index in [0.29, 0.717) is 11.9 Å². The van der Waals surface area contributed by atoms with Crippen LogP contribution in [-0.4, -0.2) is 21.4 Å². The molecule has 1 N–H and O–H groups in total. The fourth-order valence-electron chi connectivity index (χ4n) is 3.23. The minimum Gasteiger partial charge on any atom is -0.444 e. The molecule has 4 rings (SSSR count). The van der Waals surface area contributed by atoms with Gasteiger partial charge in [-0.25, -0.2) is 9.37 Å². The minimum absolute atomic E-state index is 0.258. The molecule has 1 unspecified atom stereocenters. The quantitative estimate of drug-likeness (QED) is 0.787. The van der Waals surface area contributed by atoms with E-state index >= 15 is 0 Å². The van der Waals surface area contributed by atoms with Gasteiger partial charge in [0.2, 0.25) is 5.89 Å². The van der Waals surface area contributed by atoms with Gasteiger partial charge in [0.15, 0.2) is 0 Å². The van der Waals surface area contributed by atoms with E-state index in [1.54, 1.807) is 18.4 Å². The van der Waals surface area contributed by atoms with E-state index in [2.05, 4.69) is 20.9 Å². The van der Waals surface area contributed by atoms with Crippen molar-refractivity contribution in [1.82, 2.24) is 14.9 Å². The van der Waals surface area contributed by atoms with Crippen LogP contribution in [0.2, 0.25) is 0 Å². The Hall–Kier alpha value is -2.40. The first-order valence-electron chi connectivity index (χ1n) is 7.87. The summed E-state index contributed by atoms with van der Waals surface area (Å²) < 4.78 is 18.6. The van der Waals surface area contributed by atoms with Crippen molar-refractivity contribution in [3.8, 4) is 11.5 Å². The fourth-order valence-corrected chi connectivity index (χ4v) is 3.23. The topological polar surface area (TPSA) is 45.1 Å². The van der Waals surface area contributed by atoms with E-state index < -0.39 is 0 Å². The van der Waals surface area contributed by atoms with Gasteiger partial charge >= 0.3 is 0 Å². The van der Waals surface area contributed by atoms with Gasteiger partial charge in [0, 0.05) is 24.0 Å². The molecule has 3 heterocycles. The second-order valence-electron chi connectivity index (χ2n) is 5.90. The predicted molar refractivity (Wildman–Crippen MR) is 85.1 cm³/mol. The molecule has 0 aliphatic carbocycles. The van der Waals surface area contributed by atoms with E-state index in [9.17, 15) is 4.39 Å². The Morgan fingerprint density at radius 2 is 2.13 bits per heavy atom. The Morgan fingerprint density at radius 1 is 1.26 bits per heavy atom. The number of aromatic nitrogens is 2. The molecular weight excluding hydrogens is 293 g/mol. The van der Waals surface area contributed by atoms with Crippen molar-refractivity contribution >= 4 is 0 Å². The zero-order valence-electron chi connectivity index (χ0n) is 12.7. The fraction of sp³-hybridized carbons (Fsp3) is 0.278. The lowest BCUT2D eigenvalue weighted by Crippen LogP contribution is -2.23. The zero-order valence-corrected chi connectivity index (χ0v) is 12.7. The summed E-state index contributed by atoms with van der Waals surface area (Å²) in [5, 5.41) is 0. The van der Waals surface area contributed by atoms with Crippen LogP contribution in [0.1, 0.15) is 30.3 Å². The van der Waals surface area contributed by atoms with Crippen LogP contribution in [0.15, 0.2) is 53.3 Å². The van der Waals surface area contributed by atoms with Gasteiger partial charge in [0.25, 0.3) is 0 Å². The average Bonchev–Trinajstić information content (AvgIpc) is 3.29. The monoisotopic (exact) mass is 311 g/mol. The summed E-state index contributed by atoms with van der Waals surface area (Å²) in [7, 11) is 0. The second kappa shape index (κ2) is 6.01. The molecule has 23 heavy (non-hydrogen) atoms. The van der Waals surface area contributed by atoms with Crippen LogP contribution in [0.3, 0.4) is 0 Å². The maximum absolute atomic E-state index is 13.0. The number of oxazole rings is 1. The van der Waals surface area contributed by atoms with Crippen molar-refractivity contribution in [2.24, 2.45) is 0 Å². The number of likely N-dealkylation sites (tertiary alicyclic amines) is 1. The second-order valence-corrected chi connectivity index (χ2v) is 5.90. The standard InChI is InChI=1S/C18H18FN3O/c19-14-7-5-13(6-8-14)18-21-15(12-23-18)11-22-10-2-4-17(22)16-3-1-9-20-16/h1,3,5-9,12,17,20H,2,4,10-11H2. The van der Waals surface area contributed by atoms with Gasteiger partial charge in [-0.05, 0) is 55.8 Å². The van der Waals surface area contributed by atoms with Crippen molar-refractivity contribution < 1.29 is 8.81 Å². The third kappa shape index (κ3) is 2.92. The summed E-state index contributed by atoms with van der Waals surface area (Å²) in [6.45, 7) is 1.82. The Kier molecular flexibility index (Phi) is 3.71. The zero-order chi connectivity index (χ0) is 15.6. The van der Waals surface area contributed by atoms with Crippen molar-refractivity contribution in [3.63, 3.8) is 0 Å². The molecule has 1 aliphatic heterocycles. The number of benzene rings is 1. The molecule has 0 radical (unpaired) electrons. The number of nitrogens with one attached hydrogen (secondary N) is 1. The Morgan fingerprint density at radius 3 is 2.91 bits per heavy atom. The molecule has 5 heteroatoms. The van der Waals surface area contributed by atoms with Crippen LogP contribution in [0, 0.1) is 5.82 Å². The highest BCUT2D eigenvalue weighted by atomic mass is 19.1. The summed E-state index contributed by atoms with van der Waals surface area (Å²) >= 11 is 0. The van der Waals surface area contributed by atoms with E-state index in [4.69, 9.17) is 4.42 Å². The van der Waals surface area contributed by atoms with Crippen LogP contribution in [-0.2, 0) is 6.54 Å². The average molecular weight is 311 g/mol. The van der Waals surface area contributed by atoms with Gasteiger partial charge in [-0.2, -0.15) is 0 Å². The maximum atomic E-state index is 13.0. The number of H-pyrrole nitrogens is 1. The van der Waals surface area contributed by atoms with E-state index in [1.165, 1.54) is 24.2 Å². The summed E-state index contributed by atoms with van der Waals surface area (Å²) in [5.74, 6) is 0.280. The largest absolute Gasteiger partial charge is 0.444 e. The molecule has 4 nitrogen and oxygen atoms in total. The number of nitrogens with zero attached hydrogens (tertiary/aromatic N) is 2. The third-order valence-electron chi connectivity index (χ3n) is 4.35. The highest BCUT2D eigenvalue weighted by Crippen LogP contribution is 2.32. The van der Waals surface area contributed by atoms with Crippen LogP contribution < -0.4 is 0 Å². The lowest BCUT2D eigenvalue weighted by Gasteiger charge is -2.22. The molecule has 1 atom stereocenters. The maximum Gasteiger partial charge on any atom is 0.226 e. The van der Waals surface area contributed by atoms with Gasteiger partial charge in [-0.15, -0.1) is 0 Å². The van der Waals surface area contributed by atoms with Gasteiger partial charge in [-0.3, -0.25) is 4.90 Å². The SMILES string of the molecule is Fc1ccc(-c2nc(CN3CCCC3c3ccc[nH]3)co2)cc1. The molecule has 1 saturated heterocycles. The normalized spacial score (nSPS) is 18.6. The molecule has 1 fully saturated rings. The van der Waals surface area contributed by atoms with Crippen molar-refractivity contribution in [2.45, 2.75) is 25.4 Å². The molecule has 0 saturated carbocycles. The van der Waals surface area contributed by atoms with Gasteiger partial charge < -0.3 is 9.40 Å². The van der Waals surface area contributed by atoms with E-state index in [1.807, 2.05) is 12.3 Å². The number of hydrogen-bond donors (Lipinski definition) is 1. The number of halogens is 1. The van der Waals surface area contributed by atoms with Crippen LogP contribution in [0.5, 0.6) is 0 Å². The third-order valence-corrected chi connectivity index (χ3v) is 4.35. The highest BCUT2D eigenvalue weighted by Gasteiger charge is 2.27. The number of aromatic amines is 1. The first-order valence-corrected chi connectivity index (χ1v) is 7.87. The highest BCUT2D eigenvalue weighted by molar-refractivity contribution is 5.52. The number of hydrogen-bond acceptors (Lipinski definition) is 3.